The van der Waals surface area contributed by atoms with E-state index in [4.69, 9.17) is 0 Å². The van der Waals surface area contributed by atoms with Crippen LogP contribution in [0.3, 0.4) is 0 Å². The number of non-ortho nitro benzene ring substituents is 1. The van der Waals surface area contributed by atoms with Gasteiger partial charge in [0.15, 0.2) is 0 Å². The molecule has 1 N–H and O–H groups in total. The third-order valence-electron chi connectivity index (χ3n) is 4.94. The molecule has 1 atom stereocenters. The van der Waals surface area contributed by atoms with E-state index in [1.807, 2.05) is 47.4 Å². The van der Waals surface area contributed by atoms with E-state index in [2.05, 4.69) is 5.32 Å². The number of nitro benzene ring substituents is 1. The molecule has 3 aromatic carbocycles. The summed E-state index contributed by atoms with van der Waals surface area (Å²) >= 11 is 1.56. The second-order valence-corrected chi connectivity index (χ2v) is 8.12. The Kier molecular flexibility index (Phi) is 5.99. The third-order valence-corrected chi connectivity index (χ3v) is 6.19. The number of amides is 2. The lowest BCUT2D eigenvalue weighted by molar-refractivity contribution is -0.384. The van der Waals surface area contributed by atoms with Gasteiger partial charge in [0, 0.05) is 29.9 Å². The second-order valence-electron chi connectivity index (χ2n) is 7.05. The van der Waals surface area contributed by atoms with E-state index in [-0.39, 0.29) is 22.9 Å². The first-order valence-electron chi connectivity index (χ1n) is 9.62. The van der Waals surface area contributed by atoms with Crippen LogP contribution in [-0.2, 0) is 11.3 Å². The van der Waals surface area contributed by atoms with Crippen molar-refractivity contribution in [3.8, 4) is 0 Å². The topological polar surface area (TPSA) is 92.5 Å². The molecule has 1 heterocycles. The van der Waals surface area contributed by atoms with Gasteiger partial charge in [-0.1, -0.05) is 48.5 Å². The predicted molar refractivity (Wildman–Crippen MR) is 120 cm³/mol. The van der Waals surface area contributed by atoms with Crippen LogP contribution in [0, 0.1) is 10.1 Å². The fourth-order valence-electron chi connectivity index (χ4n) is 3.38. The van der Waals surface area contributed by atoms with Crippen molar-refractivity contribution < 1.29 is 14.5 Å². The Morgan fingerprint density at radius 2 is 1.81 bits per heavy atom. The van der Waals surface area contributed by atoms with Crippen molar-refractivity contribution in [1.82, 2.24) is 4.90 Å². The van der Waals surface area contributed by atoms with E-state index < -0.39 is 4.92 Å². The Balaban J connectivity index is 1.47. The summed E-state index contributed by atoms with van der Waals surface area (Å²) in [6.45, 7) is 0.534. The van der Waals surface area contributed by atoms with Crippen LogP contribution in [0.4, 0.5) is 11.4 Å². The van der Waals surface area contributed by atoms with Crippen LogP contribution in [0.15, 0.2) is 78.9 Å². The summed E-state index contributed by atoms with van der Waals surface area (Å²) in [4.78, 5) is 37.2. The summed E-state index contributed by atoms with van der Waals surface area (Å²) in [5, 5.41) is 13.5. The minimum atomic E-state index is -0.508. The minimum Gasteiger partial charge on any atom is -0.322 e. The lowest BCUT2D eigenvalue weighted by atomic mass is 10.1. The van der Waals surface area contributed by atoms with Crippen molar-refractivity contribution in [1.29, 1.82) is 0 Å². The van der Waals surface area contributed by atoms with Crippen LogP contribution in [0.25, 0.3) is 0 Å². The maximum Gasteiger partial charge on any atom is 0.271 e. The number of benzene rings is 3. The van der Waals surface area contributed by atoms with Gasteiger partial charge < -0.3 is 10.2 Å². The molecule has 0 aromatic heterocycles. The molecule has 7 nitrogen and oxygen atoms in total. The zero-order valence-corrected chi connectivity index (χ0v) is 17.2. The van der Waals surface area contributed by atoms with Gasteiger partial charge in [-0.15, -0.1) is 11.8 Å². The van der Waals surface area contributed by atoms with Gasteiger partial charge in [0.1, 0.15) is 5.37 Å². The van der Waals surface area contributed by atoms with E-state index in [0.717, 1.165) is 11.1 Å². The fourth-order valence-corrected chi connectivity index (χ4v) is 4.57. The van der Waals surface area contributed by atoms with Gasteiger partial charge in [-0.2, -0.15) is 0 Å². The number of anilines is 1. The molecule has 0 bridgehead atoms. The quantitative estimate of drug-likeness (QED) is 0.452. The largest absolute Gasteiger partial charge is 0.322 e. The molecule has 1 aliphatic heterocycles. The molecule has 3 aromatic rings. The predicted octanol–water partition coefficient (Wildman–Crippen LogP) is 4.62. The minimum absolute atomic E-state index is 0.0884. The zero-order valence-electron chi connectivity index (χ0n) is 16.4. The molecule has 0 unspecified atom stereocenters. The molecule has 1 aliphatic rings. The summed E-state index contributed by atoms with van der Waals surface area (Å²) < 4.78 is 0. The second kappa shape index (κ2) is 9.01. The van der Waals surface area contributed by atoms with Crippen LogP contribution >= 0.6 is 11.8 Å². The first-order chi connectivity index (χ1) is 15.0. The number of nitrogens with one attached hydrogen (secondary N) is 1. The van der Waals surface area contributed by atoms with E-state index >= 15 is 0 Å². The van der Waals surface area contributed by atoms with Crippen LogP contribution in [-0.4, -0.2) is 27.4 Å². The zero-order chi connectivity index (χ0) is 21.8. The molecule has 4 rings (SSSR count). The standard InChI is InChI=1S/C23H19N3O4S/c27-21-15-31-23(25(21)14-16-5-2-1-3-6-16)18-11-9-17(10-12-18)22(28)24-19-7-4-8-20(13-19)26(29)30/h1-13,23H,14-15H2,(H,24,28)/t23-/m1/s1. The number of carbonyl (C=O) groups is 2. The van der Waals surface area contributed by atoms with Gasteiger partial charge in [0.25, 0.3) is 11.6 Å². The first-order valence-corrected chi connectivity index (χ1v) is 10.7. The molecule has 1 fully saturated rings. The van der Waals surface area contributed by atoms with Crippen molar-refractivity contribution in [3.05, 3.63) is 106 Å². The molecule has 2 amide bonds. The molecule has 1 saturated heterocycles. The summed E-state index contributed by atoms with van der Waals surface area (Å²) in [6.07, 6.45) is 0. The Hall–Kier alpha value is -3.65. The number of nitro groups is 1. The van der Waals surface area contributed by atoms with E-state index in [0.29, 0.717) is 23.5 Å². The number of hydrogen-bond donors (Lipinski definition) is 1. The highest BCUT2D eigenvalue weighted by atomic mass is 32.2. The number of rotatable bonds is 6. The maximum absolute atomic E-state index is 12.5. The van der Waals surface area contributed by atoms with Crippen LogP contribution in [0.2, 0.25) is 0 Å². The number of nitrogens with zero attached hydrogens (tertiary/aromatic N) is 2. The smallest absolute Gasteiger partial charge is 0.271 e. The van der Waals surface area contributed by atoms with Gasteiger partial charge in [0.05, 0.1) is 10.7 Å². The summed E-state index contributed by atoms with van der Waals surface area (Å²) in [6, 6.07) is 22.7. The number of hydrogen-bond acceptors (Lipinski definition) is 5. The molecule has 0 spiro atoms. The number of thioether (sulfide) groups is 1. The monoisotopic (exact) mass is 433 g/mol. The average Bonchev–Trinajstić information content (AvgIpc) is 3.15. The Morgan fingerprint density at radius 3 is 2.52 bits per heavy atom. The Bertz CT molecular complexity index is 1120. The highest BCUT2D eigenvalue weighted by Crippen LogP contribution is 2.39. The van der Waals surface area contributed by atoms with Crippen molar-refractivity contribution in [3.63, 3.8) is 0 Å². The molecule has 0 radical (unpaired) electrons. The van der Waals surface area contributed by atoms with Crippen molar-refractivity contribution in [2.24, 2.45) is 0 Å². The maximum atomic E-state index is 12.5. The SMILES string of the molecule is O=C(Nc1cccc([N+](=O)[O-])c1)c1ccc([C@H]2SCC(=O)N2Cc2ccccc2)cc1. The van der Waals surface area contributed by atoms with E-state index in [1.165, 1.54) is 18.2 Å². The average molecular weight is 433 g/mol. The van der Waals surface area contributed by atoms with Gasteiger partial charge in [0.2, 0.25) is 5.91 Å². The lowest BCUT2D eigenvalue weighted by Gasteiger charge is -2.24. The Morgan fingerprint density at radius 1 is 1.06 bits per heavy atom. The molecular formula is C23H19N3O4S. The van der Waals surface area contributed by atoms with Gasteiger partial charge in [-0.25, -0.2) is 0 Å². The molecule has 0 aliphatic carbocycles. The molecule has 8 heteroatoms. The first kappa shape index (κ1) is 20.6. The summed E-state index contributed by atoms with van der Waals surface area (Å²) in [5.74, 6) is 0.154. The molecule has 0 saturated carbocycles. The summed E-state index contributed by atoms with van der Waals surface area (Å²) in [7, 11) is 0. The fraction of sp³-hybridized carbons (Fsp3) is 0.130. The van der Waals surface area contributed by atoms with Crippen LogP contribution < -0.4 is 5.32 Å². The van der Waals surface area contributed by atoms with E-state index in [9.17, 15) is 19.7 Å². The highest BCUT2D eigenvalue weighted by Gasteiger charge is 2.32. The third kappa shape index (κ3) is 4.75. The molecule has 31 heavy (non-hydrogen) atoms. The van der Waals surface area contributed by atoms with Gasteiger partial charge >= 0.3 is 0 Å². The normalized spacial score (nSPS) is 15.7. The van der Waals surface area contributed by atoms with Gasteiger partial charge in [-0.3, -0.25) is 19.7 Å². The van der Waals surface area contributed by atoms with E-state index in [1.54, 1.807) is 30.0 Å². The van der Waals surface area contributed by atoms with Crippen molar-refractivity contribution in [2.45, 2.75) is 11.9 Å². The molecular weight excluding hydrogens is 414 g/mol. The lowest BCUT2D eigenvalue weighted by Crippen LogP contribution is -2.27. The summed E-state index contributed by atoms with van der Waals surface area (Å²) in [5.41, 5.74) is 2.71. The van der Waals surface area contributed by atoms with Crippen molar-refractivity contribution >= 4 is 35.0 Å². The molecule has 156 valence electrons. The highest BCUT2D eigenvalue weighted by molar-refractivity contribution is 8.00. The Labute approximate surface area is 183 Å². The number of carbonyl (C=O) groups excluding carboxylic acids is 2. The van der Waals surface area contributed by atoms with Crippen LogP contribution in [0.5, 0.6) is 0 Å². The van der Waals surface area contributed by atoms with Gasteiger partial charge in [-0.05, 0) is 29.3 Å². The van der Waals surface area contributed by atoms with Crippen molar-refractivity contribution in [2.75, 3.05) is 11.1 Å². The van der Waals surface area contributed by atoms with Crippen LogP contribution in [0.1, 0.15) is 26.9 Å².